The molecule has 164 valence electrons. The van der Waals surface area contributed by atoms with Crippen LogP contribution in [0.15, 0.2) is 72.8 Å². The molecule has 32 heavy (non-hydrogen) atoms. The lowest BCUT2D eigenvalue weighted by atomic mass is 9.97. The normalized spacial score (nSPS) is 11.2. The topological polar surface area (TPSA) is 0 Å². The fourth-order valence-corrected chi connectivity index (χ4v) is 4.25. The second-order valence-corrected chi connectivity index (χ2v) is 8.77. The highest BCUT2D eigenvalue weighted by Gasteiger charge is 2.10. The summed E-state index contributed by atoms with van der Waals surface area (Å²) in [6, 6.07) is 23.5. The maximum Gasteiger partial charge on any atom is 0.145 e. The summed E-state index contributed by atoms with van der Waals surface area (Å²) in [5.74, 6) is -1.50. The molecule has 0 aliphatic carbocycles. The monoisotopic (exact) mass is 448 g/mol. The highest BCUT2D eigenvalue weighted by Crippen LogP contribution is 2.30. The van der Waals surface area contributed by atoms with Crippen molar-refractivity contribution in [3.05, 3.63) is 95.0 Å². The van der Waals surface area contributed by atoms with E-state index in [1.807, 2.05) is 24.3 Å². The van der Waals surface area contributed by atoms with E-state index in [1.54, 1.807) is 0 Å². The lowest BCUT2D eigenvalue weighted by Crippen LogP contribution is -1.88. The van der Waals surface area contributed by atoms with E-state index in [4.69, 9.17) is 11.6 Å². The van der Waals surface area contributed by atoms with Gasteiger partial charge in [0, 0.05) is 0 Å². The van der Waals surface area contributed by atoms with Crippen molar-refractivity contribution >= 4 is 22.4 Å². The molecule has 3 heteroatoms. The SMILES string of the molecule is CCCCCCCc1ccc2cc(-c3ccc(-c4cc(F)c(Cl)c(F)c4)cc3)ccc2c1. The van der Waals surface area contributed by atoms with Crippen molar-refractivity contribution in [2.75, 3.05) is 0 Å². The van der Waals surface area contributed by atoms with Gasteiger partial charge >= 0.3 is 0 Å². The molecule has 0 unspecified atom stereocenters. The Hall–Kier alpha value is -2.71. The molecule has 0 atom stereocenters. The molecule has 0 nitrogen and oxygen atoms in total. The molecule has 0 amide bonds. The van der Waals surface area contributed by atoms with Gasteiger partial charge in [-0.1, -0.05) is 98.8 Å². The molecule has 4 aromatic rings. The minimum absolute atomic E-state index is 0.469. The van der Waals surface area contributed by atoms with Crippen LogP contribution >= 0.6 is 11.6 Å². The van der Waals surface area contributed by atoms with Crippen LogP contribution in [0.3, 0.4) is 0 Å². The van der Waals surface area contributed by atoms with Gasteiger partial charge in [-0.2, -0.15) is 0 Å². The second-order valence-electron chi connectivity index (χ2n) is 8.39. The van der Waals surface area contributed by atoms with Gasteiger partial charge in [0.1, 0.15) is 16.7 Å². The van der Waals surface area contributed by atoms with Crippen LogP contribution < -0.4 is 0 Å². The van der Waals surface area contributed by atoms with Crippen molar-refractivity contribution in [1.29, 1.82) is 0 Å². The highest BCUT2D eigenvalue weighted by molar-refractivity contribution is 6.31. The zero-order valence-electron chi connectivity index (χ0n) is 18.3. The molecule has 0 fully saturated rings. The summed E-state index contributed by atoms with van der Waals surface area (Å²) in [6.45, 7) is 2.24. The average Bonchev–Trinajstić information content (AvgIpc) is 2.82. The minimum atomic E-state index is -0.749. The van der Waals surface area contributed by atoms with Gasteiger partial charge in [-0.25, -0.2) is 8.78 Å². The number of hydrogen-bond acceptors (Lipinski definition) is 0. The number of aryl methyl sites for hydroxylation is 1. The van der Waals surface area contributed by atoms with E-state index in [-0.39, 0.29) is 0 Å². The van der Waals surface area contributed by atoms with E-state index in [1.165, 1.54) is 60.6 Å². The first-order chi connectivity index (χ1) is 15.5. The Kier molecular flexibility index (Phi) is 7.22. The smallest absolute Gasteiger partial charge is 0.145 e. The molecule has 0 aromatic heterocycles. The molecule has 4 aromatic carbocycles. The van der Waals surface area contributed by atoms with Gasteiger partial charge in [0.25, 0.3) is 0 Å². The average molecular weight is 449 g/mol. The molecule has 0 saturated heterocycles. The summed E-state index contributed by atoms with van der Waals surface area (Å²) in [6.07, 6.45) is 7.62. The van der Waals surface area contributed by atoms with Crippen LogP contribution in [0.2, 0.25) is 5.02 Å². The fourth-order valence-electron chi connectivity index (χ4n) is 4.14. The van der Waals surface area contributed by atoms with Crippen molar-refractivity contribution < 1.29 is 8.78 Å². The third-order valence-electron chi connectivity index (χ3n) is 6.01. The van der Waals surface area contributed by atoms with Gasteiger partial charge in [0.2, 0.25) is 0 Å². The molecule has 0 saturated carbocycles. The van der Waals surface area contributed by atoms with Crippen LogP contribution in [0.5, 0.6) is 0 Å². The molecule has 4 rings (SSSR count). The maximum atomic E-state index is 13.8. The molecule has 0 aliphatic rings. The van der Waals surface area contributed by atoms with Crippen molar-refractivity contribution in [3.8, 4) is 22.3 Å². The van der Waals surface area contributed by atoms with Crippen LogP contribution in [0, 0.1) is 11.6 Å². The van der Waals surface area contributed by atoms with E-state index in [0.29, 0.717) is 5.56 Å². The molecular weight excluding hydrogens is 422 g/mol. The summed E-state index contributed by atoms with van der Waals surface area (Å²) in [4.78, 5) is 0. The van der Waals surface area contributed by atoms with E-state index in [2.05, 4.69) is 43.3 Å². The Labute approximate surface area is 193 Å². The first-order valence-electron chi connectivity index (χ1n) is 11.3. The van der Waals surface area contributed by atoms with E-state index in [0.717, 1.165) is 23.1 Å². The Bertz CT molecular complexity index is 1190. The van der Waals surface area contributed by atoms with Crippen molar-refractivity contribution in [1.82, 2.24) is 0 Å². The van der Waals surface area contributed by atoms with Crippen LogP contribution in [-0.2, 0) is 6.42 Å². The van der Waals surface area contributed by atoms with Crippen molar-refractivity contribution in [2.45, 2.75) is 45.4 Å². The first-order valence-corrected chi connectivity index (χ1v) is 11.7. The third kappa shape index (κ3) is 5.19. The highest BCUT2D eigenvalue weighted by atomic mass is 35.5. The zero-order valence-corrected chi connectivity index (χ0v) is 19.1. The van der Waals surface area contributed by atoms with Crippen molar-refractivity contribution in [3.63, 3.8) is 0 Å². The van der Waals surface area contributed by atoms with Gasteiger partial charge < -0.3 is 0 Å². The number of rotatable bonds is 8. The number of unbranched alkanes of at least 4 members (excludes halogenated alkanes) is 4. The lowest BCUT2D eigenvalue weighted by Gasteiger charge is -2.09. The summed E-state index contributed by atoms with van der Waals surface area (Å²) in [5, 5.41) is 1.99. The predicted molar refractivity (Wildman–Crippen MR) is 132 cm³/mol. The van der Waals surface area contributed by atoms with Crippen LogP contribution in [-0.4, -0.2) is 0 Å². The van der Waals surface area contributed by atoms with Gasteiger partial charge in [0.05, 0.1) is 0 Å². The van der Waals surface area contributed by atoms with E-state index < -0.39 is 16.7 Å². The molecule has 0 radical (unpaired) electrons. The van der Waals surface area contributed by atoms with Crippen LogP contribution in [0.1, 0.15) is 44.6 Å². The minimum Gasteiger partial charge on any atom is -0.205 e. The molecule has 0 aliphatic heterocycles. The summed E-state index contributed by atoms with van der Waals surface area (Å²) in [7, 11) is 0. The summed E-state index contributed by atoms with van der Waals surface area (Å²) in [5.41, 5.74) is 4.79. The molecule has 0 spiro atoms. The number of benzene rings is 4. The Morgan fingerprint density at radius 1 is 0.594 bits per heavy atom. The Balaban J connectivity index is 1.50. The molecule has 0 N–H and O–H groups in total. The van der Waals surface area contributed by atoms with Crippen LogP contribution in [0.25, 0.3) is 33.0 Å². The first kappa shape index (κ1) is 22.5. The Morgan fingerprint density at radius 2 is 1.16 bits per heavy atom. The number of halogens is 3. The van der Waals surface area contributed by atoms with Gasteiger partial charge in [0.15, 0.2) is 0 Å². The maximum absolute atomic E-state index is 13.8. The van der Waals surface area contributed by atoms with Gasteiger partial charge in [-0.3, -0.25) is 0 Å². The number of fused-ring (bicyclic) bond motifs is 1. The standard InChI is InChI=1S/C29H27ClF2/c1-2-3-4-5-6-7-20-8-9-25-17-24(15-14-23(25)16-20)21-10-12-22(13-11-21)26-18-27(31)29(30)28(32)19-26/h8-19H,2-7H2,1H3. The molecule has 0 heterocycles. The molecule has 0 bridgehead atoms. The van der Waals surface area contributed by atoms with E-state index in [9.17, 15) is 8.78 Å². The Morgan fingerprint density at radius 3 is 1.84 bits per heavy atom. The van der Waals surface area contributed by atoms with Gasteiger partial charge in [-0.05, 0) is 69.6 Å². The zero-order chi connectivity index (χ0) is 22.5. The second kappa shape index (κ2) is 10.3. The lowest BCUT2D eigenvalue weighted by molar-refractivity contribution is 0.585. The summed E-state index contributed by atoms with van der Waals surface area (Å²) < 4.78 is 27.6. The molecular formula is C29H27ClF2. The summed E-state index contributed by atoms with van der Waals surface area (Å²) >= 11 is 5.59. The number of hydrogen-bond donors (Lipinski definition) is 0. The van der Waals surface area contributed by atoms with Crippen molar-refractivity contribution in [2.24, 2.45) is 0 Å². The van der Waals surface area contributed by atoms with E-state index >= 15 is 0 Å². The predicted octanol–water partition coefficient (Wildman–Crippen LogP) is 9.62. The van der Waals surface area contributed by atoms with Crippen LogP contribution in [0.4, 0.5) is 8.78 Å². The fraction of sp³-hybridized carbons (Fsp3) is 0.241. The third-order valence-corrected chi connectivity index (χ3v) is 6.37. The largest absolute Gasteiger partial charge is 0.205 e. The van der Waals surface area contributed by atoms with Gasteiger partial charge in [-0.15, -0.1) is 0 Å². The quantitative estimate of drug-likeness (QED) is 0.186.